The highest BCUT2D eigenvalue weighted by molar-refractivity contribution is 5.80. The normalized spacial score (nSPS) is 28.0. The van der Waals surface area contributed by atoms with E-state index in [1.165, 1.54) is 12.8 Å². The lowest BCUT2D eigenvalue weighted by molar-refractivity contribution is -0.106. The molecule has 2 saturated carbocycles. The number of nitrogens with zero attached hydrogens (tertiary/aromatic N) is 1. The van der Waals surface area contributed by atoms with Gasteiger partial charge in [0.1, 0.15) is 0 Å². The van der Waals surface area contributed by atoms with Crippen LogP contribution in [0.25, 0.3) is 0 Å². The molecular weight excluding hydrogens is 378 g/mol. The topological polar surface area (TPSA) is 64.1 Å². The van der Waals surface area contributed by atoms with Gasteiger partial charge in [0.05, 0.1) is 25.9 Å². The van der Waals surface area contributed by atoms with Crippen molar-refractivity contribution in [3.63, 3.8) is 0 Å². The van der Waals surface area contributed by atoms with Gasteiger partial charge in [0.2, 0.25) is 0 Å². The largest absolute Gasteiger partial charge is 0.493 e. The summed E-state index contributed by atoms with van der Waals surface area (Å²) in [5.74, 6) is 3.07. The molecule has 30 heavy (non-hydrogen) atoms. The van der Waals surface area contributed by atoms with Crippen LogP contribution in [0.2, 0.25) is 0 Å². The molecule has 3 aliphatic rings. The Kier molecular flexibility index (Phi) is 6.42. The quantitative estimate of drug-likeness (QED) is 0.523. The standard InChI is InChI=1S/C24H37N3O3/c1-5-25-23(27-21-18-13-14-29-22(18)24(21,2)3)26-15-16-9-8-12-19(28-4)20(16)30-17-10-6-7-11-17/h8-9,12,17-18,21-22H,5-7,10-11,13-15H2,1-4H3,(H2,25,26,27). The van der Waals surface area contributed by atoms with E-state index in [1.54, 1.807) is 7.11 Å². The van der Waals surface area contributed by atoms with Crippen molar-refractivity contribution in [1.82, 2.24) is 10.6 Å². The van der Waals surface area contributed by atoms with Crippen molar-refractivity contribution >= 4 is 5.96 Å². The predicted octanol–water partition coefficient (Wildman–Crippen LogP) is 3.89. The van der Waals surface area contributed by atoms with Crippen LogP contribution < -0.4 is 20.1 Å². The van der Waals surface area contributed by atoms with Gasteiger partial charge in [0.25, 0.3) is 0 Å². The van der Waals surface area contributed by atoms with Crippen molar-refractivity contribution in [2.75, 3.05) is 20.3 Å². The van der Waals surface area contributed by atoms with Gasteiger partial charge in [-0.15, -0.1) is 0 Å². The van der Waals surface area contributed by atoms with Crippen molar-refractivity contribution in [2.24, 2.45) is 16.3 Å². The first-order valence-corrected chi connectivity index (χ1v) is 11.5. The van der Waals surface area contributed by atoms with Gasteiger partial charge in [-0.05, 0) is 45.1 Å². The van der Waals surface area contributed by atoms with Gasteiger partial charge in [0, 0.05) is 36.1 Å². The van der Waals surface area contributed by atoms with E-state index in [9.17, 15) is 0 Å². The molecule has 0 amide bonds. The van der Waals surface area contributed by atoms with Gasteiger partial charge in [-0.3, -0.25) is 0 Å². The third kappa shape index (κ3) is 4.11. The number of hydrogen-bond donors (Lipinski definition) is 2. The average Bonchev–Trinajstić information content (AvgIpc) is 3.41. The molecule has 6 heteroatoms. The van der Waals surface area contributed by atoms with Crippen molar-refractivity contribution in [3.05, 3.63) is 23.8 Å². The van der Waals surface area contributed by atoms with E-state index in [2.05, 4.69) is 37.5 Å². The highest BCUT2D eigenvalue weighted by Crippen LogP contribution is 2.52. The molecule has 1 saturated heterocycles. The van der Waals surface area contributed by atoms with Crippen LogP contribution in [0.4, 0.5) is 0 Å². The number of nitrogens with one attached hydrogen (secondary N) is 2. The zero-order chi connectivity index (χ0) is 21.1. The molecule has 3 atom stereocenters. The number of aliphatic imine (C=N–C) groups is 1. The molecule has 166 valence electrons. The lowest BCUT2D eigenvalue weighted by atomic mass is 9.57. The number of para-hydroxylation sites is 1. The Labute approximate surface area is 180 Å². The fourth-order valence-electron chi connectivity index (χ4n) is 5.40. The summed E-state index contributed by atoms with van der Waals surface area (Å²) in [6.45, 7) is 8.92. The van der Waals surface area contributed by atoms with E-state index in [4.69, 9.17) is 19.2 Å². The van der Waals surface area contributed by atoms with Crippen molar-refractivity contribution in [2.45, 2.75) is 77.7 Å². The highest BCUT2D eigenvalue weighted by Gasteiger charge is 2.59. The first-order valence-electron chi connectivity index (χ1n) is 11.5. The molecule has 2 aliphatic carbocycles. The summed E-state index contributed by atoms with van der Waals surface area (Å²) in [6.07, 6.45) is 6.49. The second-order valence-corrected chi connectivity index (χ2v) is 9.36. The predicted molar refractivity (Wildman–Crippen MR) is 119 cm³/mol. The van der Waals surface area contributed by atoms with E-state index in [1.807, 2.05) is 12.1 Å². The third-order valence-corrected chi connectivity index (χ3v) is 7.01. The van der Waals surface area contributed by atoms with Gasteiger partial charge in [-0.2, -0.15) is 0 Å². The SMILES string of the molecule is CCNC(=NCc1cccc(OC)c1OC1CCCC1)NC1C2CCOC2C1(C)C. The number of ether oxygens (including phenoxy) is 3. The van der Waals surface area contributed by atoms with Crippen LogP contribution in [0.5, 0.6) is 11.5 Å². The Balaban J connectivity index is 1.50. The first-order chi connectivity index (χ1) is 14.5. The summed E-state index contributed by atoms with van der Waals surface area (Å²) in [6, 6.07) is 6.45. The van der Waals surface area contributed by atoms with Crippen molar-refractivity contribution < 1.29 is 14.2 Å². The number of fused-ring (bicyclic) bond motifs is 1. The molecule has 1 aromatic rings. The second kappa shape index (κ2) is 9.04. The van der Waals surface area contributed by atoms with E-state index < -0.39 is 0 Å². The van der Waals surface area contributed by atoms with Crippen LogP contribution in [-0.4, -0.2) is 44.5 Å². The number of methoxy groups -OCH3 is 1. The van der Waals surface area contributed by atoms with Crippen LogP contribution in [0.15, 0.2) is 23.2 Å². The molecule has 1 aliphatic heterocycles. The zero-order valence-corrected chi connectivity index (χ0v) is 18.9. The van der Waals surface area contributed by atoms with Gasteiger partial charge < -0.3 is 24.8 Å². The lowest BCUT2D eigenvalue weighted by Gasteiger charge is -2.54. The highest BCUT2D eigenvalue weighted by atomic mass is 16.5. The summed E-state index contributed by atoms with van der Waals surface area (Å²) in [5, 5.41) is 7.11. The van der Waals surface area contributed by atoms with E-state index in [-0.39, 0.29) is 11.5 Å². The van der Waals surface area contributed by atoms with Crippen LogP contribution in [-0.2, 0) is 11.3 Å². The van der Waals surface area contributed by atoms with Crippen LogP contribution in [0.1, 0.15) is 58.4 Å². The number of hydrogen-bond acceptors (Lipinski definition) is 4. The van der Waals surface area contributed by atoms with E-state index in [0.717, 1.165) is 55.4 Å². The molecule has 3 fully saturated rings. The van der Waals surface area contributed by atoms with Gasteiger partial charge in [0.15, 0.2) is 17.5 Å². The van der Waals surface area contributed by atoms with Crippen molar-refractivity contribution in [1.29, 1.82) is 0 Å². The molecule has 3 unspecified atom stereocenters. The maximum Gasteiger partial charge on any atom is 0.191 e. The molecular formula is C24H37N3O3. The van der Waals surface area contributed by atoms with Gasteiger partial charge in [-0.25, -0.2) is 4.99 Å². The Morgan fingerprint density at radius 3 is 2.77 bits per heavy atom. The molecule has 1 heterocycles. The molecule has 2 N–H and O–H groups in total. The van der Waals surface area contributed by atoms with Crippen LogP contribution in [0.3, 0.4) is 0 Å². The van der Waals surface area contributed by atoms with Crippen molar-refractivity contribution in [3.8, 4) is 11.5 Å². The lowest BCUT2D eigenvalue weighted by Crippen LogP contribution is -2.67. The summed E-state index contributed by atoms with van der Waals surface area (Å²) >= 11 is 0. The number of guanidine groups is 1. The van der Waals surface area contributed by atoms with E-state index in [0.29, 0.717) is 24.6 Å². The fourth-order valence-corrected chi connectivity index (χ4v) is 5.40. The minimum absolute atomic E-state index is 0.115. The molecule has 6 nitrogen and oxygen atoms in total. The molecule has 0 radical (unpaired) electrons. The van der Waals surface area contributed by atoms with Crippen LogP contribution in [0, 0.1) is 11.3 Å². The van der Waals surface area contributed by atoms with Crippen LogP contribution >= 0.6 is 0 Å². The Bertz CT molecular complexity index is 758. The van der Waals surface area contributed by atoms with E-state index >= 15 is 0 Å². The zero-order valence-electron chi connectivity index (χ0n) is 18.9. The Morgan fingerprint density at radius 1 is 1.23 bits per heavy atom. The Morgan fingerprint density at radius 2 is 2.03 bits per heavy atom. The summed E-state index contributed by atoms with van der Waals surface area (Å²) < 4.78 is 17.9. The smallest absolute Gasteiger partial charge is 0.191 e. The third-order valence-electron chi connectivity index (χ3n) is 7.01. The summed E-state index contributed by atoms with van der Waals surface area (Å²) in [7, 11) is 1.70. The minimum atomic E-state index is 0.115. The minimum Gasteiger partial charge on any atom is -0.493 e. The maximum atomic E-state index is 6.37. The molecule has 0 spiro atoms. The maximum absolute atomic E-state index is 6.37. The average molecular weight is 416 g/mol. The first kappa shape index (κ1) is 21.3. The monoisotopic (exact) mass is 415 g/mol. The fraction of sp³-hybridized carbons (Fsp3) is 0.708. The summed E-state index contributed by atoms with van der Waals surface area (Å²) in [5.41, 5.74) is 1.18. The molecule has 1 aromatic carbocycles. The number of benzene rings is 1. The Hall–Kier alpha value is -1.95. The summed E-state index contributed by atoms with van der Waals surface area (Å²) in [4.78, 5) is 4.91. The second-order valence-electron chi connectivity index (χ2n) is 9.36. The van der Waals surface area contributed by atoms with Gasteiger partial charge in [-0.1, -0.05) is 26.0 Å². The number of rotatable bonds is 7. The molecule has 0 bridgehead atoms. The molecule has 0 aromatic heterocycles. The molecule has 4 rings (SSSR count). The van der Waals surface area contributed by atoms with Gasteiger partial charge >= 0.3 is 0 Å².